The molecular formula is C19H18N6O4. The van der Waals surface area contributed by atoms with Crippen molar-refractivity contribution < 1.29 is 19.5 Å². The molecule has 0 spiro atoms. The van der Waals surface area contributed by atoms with Gasteiger partial charge in [-0.25, -0.2) is 9.59 Å². The number of carboxylic acids is 1. The van der Waals surface area contributed by atoms with Crippen molar-refractivity contribution >= 4 is 35.0 Å². The van der Waals surface area contributed by atoms with Crippen LogP contribution in [0, 0.1) is 0 Å². The average Bonchev–Trinajstić information content (AvgIpc) is 3.16. The van der Waals surface area contributed by atoms with Gasteiger partial charge >= 0.3 is 12.0 Å². The van der Waals surface area contributed by atoms with Gasteiger partial charge in [-0.3, -0.25) is 9.89 Å². The standard InChI is InChI=1S/C19H18N6O4/c20-17(26)16-15(10-22-25-16)21-9-11-3-1-5-13(7-11)23-19(29)24-14-6-2-4-12(8-14)18(27)28/h1-8,10,21H,9H2,(H2,20,26)(H,22,25)(H,27,28)(H2,23,24,29). The molecule has 0 aliphatic rings. The first-order chi connectivity index (χ1) is 13.9. The van der Waals surface area contributed by atoms with Crippen LogP contribution in [0.4, 0.5) is 21.9 Å². The van der Waals surface area contributed by atoms with Crippen LogP contribution in [0.2, 0.25) is 0 Å². The van der Waals surface area contributed by atoms with Crippen molar-refractivity contribution in [2.75, 3.05) is 16.0 Å². The van der Waals surface area contributed by atoms with Crippen LogP contribution >= 0.6 is 0 Å². The van der Waals surface area contributed by atoms with Gasteiger partial charge in [-0.1, -0.05) is 18.2 Å². The highest BCUT2D eigenvalue weighted by atomic mass is 16.4. The highest BCUT2D eigenvalue weighted by Crippen LogP contribution is 2.16. The second-order valence-electron chi connectivity index (χ2n) is 6.04. The summed E-state index contributed by atoms with van der Waals surface area (Å²) < 4.78 is 0. The van der Waals surface area contributed by atoms with Crippen LogP contribution in [-0.4, -0.2) is 33.2 Å². The van der Waals surface area contributed by atoms with Crippen LogP contribution in [0.25, 0.3) is 0 Å². The number of hydrogen-bond acceptors (Lipinski definition) is 5. The summed E-state index contributed by atoms with van der Waals surface area (Å²) in [6, 6.07) is 12.5. The summed E-state index contributed by atoms with van der Waals surface area (Å²) in [7, 11) is 0. The number of rotatable bonds is 7. The summed E-state index contributed by atoms with van der Waals surface area (Å²) in [5, 5.41) is 23.6. The zero-order valence-corrected chi connectivity index (χ0v) is 15.1. The average molecular weight is 394 g/mol. The Morgan fingerprint density at radius 3 is 2.41 bits per heavy atom. The van der Waals surface area contributed by atoms with Crippen molar-refractivity contribution in [2.45, 2.75) is 6.54 Å². The summed E-state index contributed by atoms with van der Waals surface area (Å²) in [5.41, 5.74) is 7.74. The predicted octanol–water partition coefficient (Wildman–Crippen LogP) is 2.46. The van der Waals surface area contributed by atoms with E-state index in [2.05, 4.69) is 26.1 Å². The van der Waals surface area contributed by atoms with Crippen LogP contribution in [0.3, 0.4) is 0 Å². The lowest BCUT2D eigenvalue weighted by molar-refractivity contribution is 0.0696. The Morgan fingerprint density at radius 2 is 1.72 bits per heavy atom. The first-order valence-electron chi connectivity index (χ1n) is 8.49. The second kappa shape index (κ2) is 8.57. The predicted molar refractivity (Wildman–Crippen MR) is 107 cm³/mol. The van der Waals surface area contributed by atoms with Gasteiger partial charge in [-0.05, 0) is 35.9 Å². The minimum absolute atomic E-state index is 0.0745. The molecule has 148 valence electrons. The van der Waals surface area contributed by atoms with Crippen LogP contribution in [-0.2, 0) is 6.54 Å². The van der Waals surface area contributed by atoms with Gasteiger partial charge in [-0.2, -0.15) is 5.10 Å². The van der Waals surface area contributed by atoms with Crippen molar-refractivity contribution in [1.82, 2.24) is 10.2 Å². The minimum Gasteiger partial charge on any atom is -0.478 e. The first kappa shape index (κ1) is 19.4. The zero-order valence-electron chi connectivity index (χ0n) is 15.1. The molecule has 0 saturated carbocycles. The lowest BCUT2D eigenvalue weighted by Gasteiger charge is -2.10. The van der Waals surface area contributed by atoms with Gasteiger partial charge in [0.2, 0.25) is 0 Å². The molecular weight excluding hydrogens is 376 g/mol. The van der Waals surface area contributed by atoms with Gasteiger partial charge in [0.1, 0.15) is 5.69 Å². The van der Waals surface area contributed by atoms with E-state index in [0.29, 0.717) is 23.6 Å². The Hall–Kier alpha value is -4.34. The second-order valence-corrected chi connectivity index (χ2v) is 6.04. The number of hydrogen-bond donors (Lipinski definition) is 6. The minimum atomic E-state index is -1.08. The van der Waals surface area contributed by atoms with Gasteiger partial charge in [0.05, 0.1) is 17.4 Å². The van der Waals surface area contributed by atoms with Gasteiger partial charge < -0.3 is 26.8 Å². The molecule has 2 aromatic carbocycles. The van der Waals surface area contributed by atoms with E-state index in [1.807, 2.05) is 6.07 Å². The number of carbonyl (C=O) groups is 3. The number of benzene rings is 2. The smallest absolute Gasteiger partial charge is 0.335 e. The number of carboxylic acid groups (broad SMARTS) is 1. The Morgan fingerprint density at radius 1 is 1.03 bits per heavy atom. The molecule has 10 nitrogen and oxygen atoms in total. The van der Waals surface area contributed by atoms with E-state index in [0.717, 1.165) is 5.56 Å². The number of nitrogens with two attached hydrogens (primary N) is 1. The van der Waals surface area contributed by atoms with Crippen molar-refractivity contribution in [1.29, 1.82) is 0 Å². The van der Waals surface area contributed by atoms with Crippen molar-refractivity contribution in [3.8, 4) is 0 Å². The summed E-state index contributed by atoms with van der Waals surface area (Å²) in [5.74, 6) is -1.70. The lowest BCUT2D eigenvalue weighted by Crippen LogP contribution is -2.19. The molecule has 0 saturated heterocycles. The fraction of sp³-hybridized carbons (Fsp3) is 0.0526. The number of aromatic amines is 1. The first-order valence-corrected chi connectivity index (χ1v) is 8.49. The van der Waals surface area contributed by atoms with Gasteiger partial charge in [0.15, 0.2) is 0 Å². The molecule has 3 amide bonds. The number of amides is 3. The van der Waals surface area contributed by atoms with Gasteiger partial charge in [0, 0.05) is 17.9 Å². The topological polar surface area (TPSA) is 162 Å². The molecule has 10 heteroatoms. The SMILES string of the molecule is NC(=O)c1[nH]ncc1NCc1cccc(NC(=O)Nc2cccc(C(=O)O)c2)c1. The number of anilines is 3. The molecule has 3 rings (SSSR count). The van der Waals surface area contributed by atoms with E-state index in [1.54, 1.807) is 30.3 Å². The maximum absolute atomic E-state index is 12.2. The number of urea groups is 1. The van der Waals surface area contributed by atoms with Crippen LogP contribution < -0.4 is 21.7 Å². The highest BCUT2D eigenvalue weighted by Gasteiger charge is 2.10. The molecule has 0 aliphatic carbocycles. The maximum atomic E-state index is 12.2. The number of nitrogens with zero attached hydrogens (tertiary/aromatic N) is 1. The van der Waals surface area contributed by atoms with Crippen LogP contribution in [0.15, 0.2) is 54.7 Å². The number of aromatic carboxylic acids is 1. The van der Waals surface area contributed by atoms with E-state index in [1.165, 1.54) is 18.3 Å². The van der Waals surface area contributed by atoms with E-state index in [9.17, 15) is 14.4 Å². The van der Waals surface area contributed by atoms with Crippen LogP contribution in [0.1, 0.15) is 26.4 Å². The molecule has 0 atom stereocenters. The largest absolute Gasteiger partial charge is 0.478 e. The summed E-state index contributed by atoms with van der Waals surface area (Å²) in [6.45, 7) is 0.373. The van der Waals surface area contributed by atoms with Gasteiger partial charge in [-0.15, -0.1) is 0 Å². The van der Waals surface area contributed by atoms with Crippen molar-refractivity contribution in [2.24, 2.45) is 5.73 Å². The Kier molecular flexibility index (Phi) is 5.74. The molecule has 0 aliphatic heterocycles. The van der Waals surface area contributed by atoms with Crippen molar-refractivity contribution in [3.63, 3.8) is 0 Å². The van der Waals surface area contributed by atoms with E-state index >= 15 is 0 Å². The fourth-order valence-electron chi connectivity index (χ4n) is 2.59. The molecule has 1 aromatic heterocycles. The lowest BCUT2D eigenvalue weighted by atomic mass is 10.2. The Balaban J connectivity index is 1.61. The molecule has 0 unspecified atom stereocenters. The molecule has 3 aromatic rings. The quantitative estimate of drug-likeness (QED) is 0.360. The molecule has 0 radical (unpaired) electrons. The third kappa shape index (κ3) is 5.10. The van der Waals surface area contributed by atoms with Gasteiger partial charge in [0.25, 0.3) is 5.91 Å². The normalized spacial score (nSPS) is 10.2. The summed E-state index contributed by atoms with van der Waals surface area (Å²) in [6.07, 6.45) is 1.46. The van der Waals surface area contributed by atoms with Crippen LogP contribution in [0.5, 0.6) is 0 Å². The molecule has 0 fully saturated rings. The third-order valence-corrected chi connectivity index (χ3v) is 3.92. The number of carbonyl (C=O) groups excluding carboxylic acids is 2. The molecule has 29 heavy (non-hydrogen) atoms. The summed E-state index contributed by atoms with van der Waals surface area (Å²) >= 11 is 0. The molecule has 0 bridgehead atoms. The third-order valence-electron chi connectivity index (χ3n) is 3.92. The van der Waals surface area contributed by atoms with E-state index < -0.39 is 17.9 Å². The maximum Gasteiger partial charge on any atom is 0.335 e. The zero-order chi connectivity index (χ0) is 20.8. The number of H-pyrrole nitrogens is 1. The fourth-order valence-corrected chi connectivity index (χ4v) is 2.59. The highest BCUT2D eigenvalue weighted by molar-refractivity contribution is 6.00. The number of nitrogens with one attached hydrogen (secondary N) is 4. The summed E-state index contributed by atoms with van der Waals surface area (Å²) in [4.78, 5) is 34.5. The number of aromatic nitrogens is 2. The molecule has 1 heterocycles. The Bertz CT molecular complexity index is 1060. The van der Waals surface area contributed by atoms with E-state index in [-0.39, 0.29) is 11.3 Å². The van der Waals surface area contributed by atoms with Crippen molar-refractivity contribution in [3.05, 3.63) is 71.5 Å². The van der Waals surface area contributed by atoms with E-state index in [4.69, 9.17) is 10.8 Å². The Labute approximate surface area is 165 Å². The monoisotopic (exact) mass is 394 g/mol. The number of primary amides is 1. The molecule has 7 N–H and O–H groups in total.